The molecule has 0 aliphatic carbocycles. The summed E-state index contributed by atoms with van der Waals surface area (Å²) >= 11 is 0. The van der Waals surface area contributed by atoms with Crippen LogP contribution in [0.4, 0.5) is 0 Å². The molecule has 21 heavy (non-hydrogen) atoms. The fourth-order valence-corrected chi connectivity index (χ4v) is 3.06. The molecule has 0 aromatic heterocycles. The van der Waals surface area contributed by atoms with Crippen molar-refractivity contribution >= 4 is 16.0 Å². The molecule has 0 unspecified atom stereocenters. The minimum absolute atomic E-state index is 0.0722. The maximum Gasteiger partial charge on any atom is 0.324 e. The van der Waals surface area contributed by atoms with E-state index in [9.17, 15) is 13.2 Å². The van der Waals surface area contributed by atoms with Crippen LogP contribution in [0.1, 0.15) is 13.8 Å². The zero-order valence-corrected chi connectivity index (χ0v) is 13.4. The van der Waals surface area contributed by atoms with E-state index < -0.39 is 21.5 Å². The Hall–Kier alpha value is -1.80. The summed E-state index contributed by atoms with van der Waals surface area (Å²) in [6.07, 6.45) is 0. The lowest BCUT2D eigenvalue weighted by Gasteiger charge is -2.30. The van der Waals surface area contributed by atoms with Crippen molar-refractivity contribution in [2.75, 3.05) is 21.3 Å². The molecule has 118 valence electrons. The van der Waals surface area contributed by atoms with Gasteiger partial charge in [0.2, 0.25) is 10.0 Å². The summed E-state index contributed by atoms with van der Waals surface area (Å²) in [5.74, 6) is -0.606. The maximum atomic E-state index is 12.5. The van der Waals surface area contributed by atoms with Gasteiger partial charge in [0.05, 0.1) is 19.1 Å². The van der Waals surface area contributed by atoms with Gasteiger partial charge < -0.3 is 14.6 Å². The Labute approximate surface area is 124 Å². The monoisotopic (exact) mass is 317 g/mol. The minimum Gasteiger partial charge on any atom is -0.493 e. The molecule has 1 N–H and O–H groups in total. The highest BCUT2D eigenvalue weighted by Gasteiger charge is 2.40. The van der Waals surface area contributed by atoms with Gasteiger partial charge in [-0.2, -0.15) is 4.31 Å². The Morgan fingerprint density at radius 1 is 1.19 bits per heavy atom. The number of nitrogens with zero attached hydrogens (tertiary/aromatic N) is 1. The molecule has 1 aromatic rings. The highest BCUT2D eigenvalue weighted by Crippen LogP contribution is 2.32. The van der Waals surface area contributed by atoms with Crippen LogP contribution in [-0.4, -0.2) is 50.6 Å². The second-order valence-electron chi connectivity index (χ2n) is 4.85. The van der Waals surface area contributed by atoms with E-state index in [4.69, 9.17) is 14.6 Å². The third-order valence-corrected chi connectivity index (χ3v) is 5.35. The molecule has 0 heterocycles. The van der Waals surface area contributed by atoms with Crippen LogP contribution in [0.2, 0.25) is 0 Å². The number of sulfonamides is 1. The number of aliphatic carboxylic acids is 1. The van der Waals surface area contributed by atoms with Crippen LogP contribution in [0.5, 0.6) is 11.5 Å². The first-order valence-corrected chi connectivity index (χ1v) is 7.47. The van der Waals surface area contributed by atoms with Crippen LogP contribution in [0.15, 0.2) is 23.1 Å². The van der Waals surface area contributed by atoms with E-state index in [1.54, 1.807) is 0 Å². The smallest absolute Gasteiger partial charge is 0.324 e. The first-order chi connectivity index (χ1) is 9.58. The number of carboxylic acids is 1. The Morgan fingerprint density at radius 2 is 1.71 bits per heavy atom. The Kier molecular flexibility index (Phi) is 4.85. The molecular formula is C13H19NO6S. The van der Waals surface area contributed by atoms with Crippen molar-refractivity contribution in [2.24, 2.45) is 0 Å². The fraction of sp³-hybridized carbons (Fsp3) is 0.462. The highest BCUT2D eigenvalue weighted by molar-refractivity contribution is 7.89. The third kappa shape index (κ3) is 3.11. The van der Waals surface area contributed by atoms with Gasteiger partial charge >= 0.3 is 5.97 Å². The zero-order valence-electron chi connectivity index (χ0n) is 12.6. The van der Waals surface area contributed by atoms with Crippen molar-refractivity contribution in [2.45, 2.75) is 24.3 Å². The second kappa shape index (κ2) is 5.90. The molecule has 0 bridgehead atoms. The molecule has 7 nitrogen and oxygen atoms in total. The van der Waals surface area contributed by atoms with Crippen molar-refractivity contribution in [1.29, 1.82) is 0 Å². The number of hydrogen-bond acceptors (Lipinski definition) is 5. The molecule has 0 fully saturated rings. The predicted octanol–water partition coefficient (Wildman–Crippen LogP) is 1.19. The van der Waals surface area contributed by atoms with Crippen molar-refractivity contribution < 1.29 is 27.8 Å². The quantitative estimate of drug-likeness (QED) is 0.847. The highest BCUT2D eigenvalue weighted by atomic mass is 32.2. The largest absolute Gasteiger partial charge is 0.493 e. The summed E-state index contributed by atoms with van der Waals surface area (Å²) in [6, 6.07) is 4.08. The molecule has 1 rings (SSSR count). The average molecular weight is 317 g/mol. The topological polar surface area (TPSA) is 93.1 Å². The summed E-state index contributed by atoms with van der Waals surface area (Å²) in [5.41, 5.74) is -1.58. The van der Waals surface area contributed by atoms with Crippen LogP contribution < -0.4 is 9.47 Å². The van der Waals surface area contributed by atoms with E-state index in [-0.39, 0.29) is 10.6 Å². The molecule has 8 heteroatoms. The summed E-state index contributed by atoms with van der Waals surface area (Å²) < 4.78 is 35.9. The first-order valence-electron chi connectivity index (χ1n) is 6.03. The molecule has 0 saturated carbocycles. The summed E-state index contributed by atoms with van der Waals surface area (Å²) in [5, 5.41) is 9.15. The van der Waals surface area contributed by atoms with Gasteiger partial charge in [0, 0.05) is 13.1 Å². The standard InChI is InChI=1S/C13H19NO6S/c1-13(2,12(15)16)14(3)21(17,18)9-6-7-10(19-4)11(8-9)20-5/h6-8H,1-5H3,(H,15,16). The van der Waals surface area contributed by atoms with Gasteiger partial charge in [-0.05, 0) is 26.0 Å². The number of ether oxygens (including phenoxy) is 2. The number of hydrogen-bond donors (Lipinski definition) is 1. The van der Waals surface area contributed by atoms with E-state index in [1.165, 1.54) is 53.3 Å². The van der Waals surface area contributed by atoms with E-state index in [2.05, 4.69) is 0 Å². The van der Waals surface area contributed by atoms with Crippen molar-refractivity contribution in [3.05, 3.63) is 18.2 Å². The molecule has 0 amide bonds. The van der Waals surface area contributed by atoms with Crippen LogP contribution in [-0.2, 0) is 14.8 Å². The second-order valence-corrected chi connectivity index (χ2v) is 6.82. The van der Waals surface area contributed by atoms with E-state index in [0.717, 1.165) is 4.31 Å². The van der Waals surface area contributed by atoms with Gasteiger partial charge in [0.15, 0.2) is 11.5 Å². The lowest BCUT2D eigenvalue weighted by atomic mass is 10.1. The Bertz CT molecular complexity index is 638. The normalized spacial score (nSPS) is 12.3. The number of carboxylic acid groups (broad SMARTS) is 1. The molecule has 0 aliphatic heterocycles. The minimum atomic E-state index is -3.98. The lowest BCUT2D eigenvalue weighted by Crippen LogP contribution is -2.50. The SMILES string of the molecule is COc1ccc(S(=O)(=O)N(C)C(C)(C)C(=O)O)cc1OC. The van der Waals surface area contributed by atoms with Gasteiger partial charge in [0.25, 0.3) is 0 Å². The number of likely N-dealkylation sites (N-methyl/N-ethyl adjacent to an activating group) is 1. The van der Waals surface area contributed by atoms with Gasteiger partial charge in [-0.1, -0.05) is 0 Å². The lowest BCUT2D eigenvalue weighted by molar-refractivity contribution is -0.145. The molecular weight excluding hydrogens is 298 g/mol. The van der Waals surface area contributed by atoms with Crippen LogP contribution in [0, 0.1) is 0 Å². The van der Waals surface area contributed by atoms with E-state index in [1.807, 2.05) is 0 Å². The molecule has 0 saturated heterocycles. The van der Waals surface area contributed by atoms with E-state index >= 15 is 0 Å². The number of carbonyl (C=O) groups is 1. The summed E-state index contributed by atoms with van der Waals surface area (Å²) in [7, 11) is 0.0643. The van der Waals surface area contributed by atoms with Crippen LogP contribution in [0.3, 0.4) is 0 Å². The number of benzene rings is 1. The van der Waals surface area contributed by atoms with Crippen LogP contribution >= 0.6 is 0 Å². The van der Waals surface area contributed by atoms with E-state index in [0.29, 0.717) is 5.75 Å². The average Bonchev–Trinajstić information content (AvgIpc) is 2.45. The molecule has 0 atom stereocenters. The Morgan fingerprint density at radius 3 is 2.14 bits per heavy atom. The van der Waals surface area contributed by atoms with Gasteiger partial charge in [-0.3, -0.25) is 4.79 Å². The summed E-state index contributed by atoms with van der Waals surface area (Å²) in [4.78, 5) is 11.1. The molecule has 0 radical (unpaired) electrons. The zero-order chi connectivity index (χ0) is 16.4. The van der Waals surface area contributed by atoms with Crippen LogP contribution in [0.25, 0.3) is 0 Å². The number of methoxy groups -OCH3 is 2. The molecule has 0 aliphatic rings. The first kappa shape index (κ1) is 17.3. The van der Waals surface area contributed by atoms with Gasteiger partial charge in [-0.25, -0.2) is 8.42 Å². The Balaban J connectivity index is 3.35. The van der Waals surface area contributed by atoms with Gasteiger partial charge in [0.1, 0.15) is 5.54 Å². The van der Waals surface area contributed by atoms with Crippen molar-refractivity contribution in [3.63, 3.8) is 0 Å². The molecule has 1 aromatic carbocycles. The summed E-state index contributed by atoms with van der Waals surface area (Å²) in [6.45, 7) is 2.63. The fourth-order valence-electron chi connectivity index (χ4n) is 1.57. The van der Waals surface area contributed by atoms with Gasteiger partial charge in [-0.15, -0.1) is 0 Å². The molecule has 0 spiro atoms. The third-order valence-electron chi connectivity index (χ3n) is 3.32. The number of rotatable bonds is 6. The predicted molar refractivity (Wildman–Crippen MR) is 76.2 cm³/mol. The maximum absolute atomic E-state index is 12.5. The van der Waals surface area contributed by atoms with Crippen molar-refractivity contribution in [1.82, 2.24) is 4.31 Å². The van der Waals surface area contributed by atoms with Crippen molar-refractivity contribution in [3.8, 4) is 11.5 Å².